The van der Waals surface area contributed by atoms with Crippen LogP contribution in [0.3, 0.4) is 0 Å². The fraction of sp³-hybridized carbons (Fsp3) is 0.400. The Kier molecular flexibility index (Phi) is 4.05. The van der Waals surface area contributed by atoms with Crippen molar-refractivity contribution in [1.82, 2.24) is 24.8 Å². The van der Waals surface area contributed by atoms with Gasteiger partial charge in [0.25, 0.3) is 5.91 Å². The molecule has 1 amide bonds. The zero-order valence-electron chi connectivity index (χ0n) is 13.0. The summed E-state index contributed by atoms with van der Waals surface area (Å²) in [7, 11) is 1.77. The highest BCUT2D eigenvalue weighted by Crippen LogP contribution is 2.31. The van der Waals surface area contributed by atoms with Gasteiger partial charge in [0, 0.05) is 19.3 Å². The molecule has 1 aliphatic rings. The molecule has 8 heteroatoms. The largest absolute Gasteiger partial charge is 0.372 e. The van der Waals surface area contributed by atoms with Crippen LogP contribution in [-0.2, 0) is 0 Å². The third-order valence-corrected chi connectivity index (χ3v) is 3.86. The molecule has 120 valence electrons. The highest BCUT2D eigenvalue weighted by atomic mass is 16.2. The molecule has 2 aromatic heterocycles. The van der Waals surface area contributed by atoms with Crippen LogP contribution in [-0.4, -0.2) is 44.3 Å². The van der Waals surface area contributed by atoms with Crippen LogP contribution in [0.15, 0.2) is 23.3 Å². The first-order valence-electron chi connectivity index (χ1n) is 7.47. The lowest BCUT2D eigenvalue weighted by molar-refractivity contribution is 0.0726. The van der Waals surface area contributed by atoms with Gasteiger partial charge in [0.15, 0.2) is 0 Å². The summed E-state index contributed by atoms with van der Waals surface area (Å²) in [6, 6.07) is 1.44. The number of aryl methyl sites for hydroxylation is 1. The molecule has 1 saturated heterocycles. The molecule has 1 fully saturated rings. The number of rotatable bonds is 3. The third kappa shape index (κ3) is 3.05. The van der Waals surface area contributed by atoms with Gasteiger partial charge in [0.2, 0.25) is 0 Å². The Morgan fingerprint density at radius 3 is 2.96 bits per heavy atom. The lowest BCUT2D eigenvalue weighted by Crippen LogP contribution is -2.33. The van der Waals surface area contributed by atoms with Crippen molar-refractivity contribution in [2.24, 2.45) is 0 Å². The minimum atomic E-state index is -0.513. The zero-order chi connectivity index (χ0) is 16.4. The second kappa shape index (κ2) is 6.15. The highest BCUT2D eigenvalue weighted by molar-refractivity contribution is 5.92. The van der Waals surface area contributed by atoms with Crippen LogP contribution >= 0.6 is 0 Å². The molecule has 8 nitrogen and oxygen atoms in total. The zero-order valence-corrected chi connectivity index (χ0v) is 13.0. The summed E-state index contributed by atoms with van der Waals surface area (Å²) in [5.41, 5.74) is 1.00. The first kappa shape index (κ1) is 15.1. The number of aromatic amines is 1. The maximum Gasteiger partial charge on any atom is 0.345 e. The predicted molar refractivity (Wildman–Crippen MR) is 84.2 cm³/mol. The number of hydrogen-bond donors (Lipinski definition) is 2. The van der Waals surface area contributed by atoms with Crippen molar-refractivity contribution >= 4 is 11.7 Å². The number of hydrogen-bond acceptors (Lipinski definition) is 6. The average Bonchev–Trinajstić information content (AvgIpc) is 3.03. The van der Waals surface area contributed by atoms with Gasteiger partial charge in [-0.25, -0.2) is 9.78 Å². The second-order valence-electron chi connectivity index (χ2n) is 5.49. The van der Waals surface area contributed by atoms with Crippen molar-refractivity contribution in [3.8, 4) is 0 Å². The monoisotopic (exact) mass is 314 g/mol. The summed E-state index contributed by atoms with van der Waals surface area (Å²) < 4.78 is 0. The fourth-order valence-corrected chi connectivity index (χ4v) is 2.82. The highest BCUT2D eigenvalue weighted by Gasteiger charge is 2.32. The van der Waals surface area contributed by atoms with Crippen LogP contribution in [0, 0.1) is 6.92 Å². The molecule has 0 bridgehead atoms. The van der Waals surface area contributed by atoms with E-state index in [-0.39, 0.29) is 17.6 Å². The molecule has 0 saturated carbocycles. The molecule has 2 N–H and O–H groups in total. The maximum atomic E-state index is 12.7. The summed E-state index contributed by atoms with van der Waals surface area (Å²) in [6.45, 7) is 2.34. The normalized spacial score (nSPS) is 17.3. The lowest BCUT2D eigenvalue weighted by Gasteiger charge is -2.24. The third-order valence-electron chi connectivity index (χ3n) is 3.86. The number of carbonyl (C=O) groups excluding carboxylic acids is 1. The SMILES string of the molecule is CNc1cncc([C@@H]2CCCN2C(=O)c2cc(C)[nH]c(=O)n2)n1. The molecule has 3 heterocycles. The van der Waals surface area contributed by atoms with Gasteiger partial charge in [0.05, 0.1) is 24.1 Å². The molecular formula is C15H18N6O2. The smallest absolute Gasteiger partial charge is 0.345 e. The molecule has 1 atom stereocenters. The lowest BCUT2D eigenvalue weighted by atomic mass is 10.1. The first-order valence-corrected chi connectivity index (χ1v) is 7.47. The van der Waals surface area contributed by atoms with Crippen LogP contribution in [0.25, 0.3) is 0 Å². The van der Waals surface area contributed by atoms with Gasteiger partial charge in [-0.15, -0.1) is 0 Å². The Morgan fingerprint density at radius 1 is 1.39 bits per heavy atom. The van der Waals surface area contributed by atoms with E-state index in [1.54, 1.807) is 37.3 Å². The van der Waals surface area contributed by atoms with Gasteiger partial charge in [-0.1, -0.05) is 0 Å². The molecule has 0 unspecified atom stereocenters. The summed E-state index contributed by atoms with van der Waals surface area (Å²) in [6.07, 6.45) is 5.00. The van der Waals surface area contributed by atoms with Crippen molar-refractivity contribution in [3.63, 3.8) is 0 Å². The Balaban J connectivity index is 1.91. The van der Waals surface area contributed by atoms with E-state index < -0.39 is 5.69 Å². The van der Waals surface area contributed by atoms with Crippen LogP contribution in [0.1, 0.15) is 40.8 Å². The van der Waals surface area contributed by atoms with Crippen LogP contribution < -0.4 is 11.0 Å². The molecule has 0 aromatic carbocycles. The van der Waals surface area contributed by atoms with Crippen molar-refractivity contribution in [3.05, 3.63) is 46.0 Å². The molecule has 3 rings (SSSR count). The predicted octanol–water partition coefficient (Wildman–Crippen LogP) is 0.887. The summed E-state index contributed by atoms with van der Waals surface area (Å²) >= 11 is 0. The van der Waals surface area contributed by atoms with Gasteiger partial charge >= 0.3 is 5.69 Å². The van der Waals surface area contributed by atoms with E-state index in [9.17, 15) is 9.59 Å². The molecule has 0 radical (unpaired) electrons. The van der Waals surface area contributed by atoms with E-state index >= 15 is 0 Å². The number of likely N-dealkylation sites (tertiary alicyclic amines) is 1. The van der Waals surface area contributed by atoms with Crippen molar-refractivity contribution in [2.45, 2.75) is 25.8 Å². The van der Waals surface area contributed by atoms with Gasteiger partial charge in [-0.3, -0.25) is 9.78 Å². The van der Waals surface area contributed by atoms with Gasteiger partial charge in [0.1, 0.15) is 11.5 Å². The Morgan fingerprint density at radius 2 is 2.22 bits per heavy atom. The number of aromatic nitrogens is 4. The fourth-order valence-electron chi connectivity index (χ4n) is 2.82. The number of nitrogens with zero attached hydrogens (tertiary/aromatic N) is 4. The van der Waals surface area contributed by atoms with E-state index in [0.717, 1.165) is 18.5 Å². The van der Waals surface area contributed by atoms with Crippen molar-refractivity contribution in [1.29, 1.82) is 0 Å². The maximum absolute atomic E-state index is 12.7. The van der Waals surface area contributed by atoms with Gasteiger partial charge < -0.3 is 15.2 Å². The first-order chi connectivity index (χ1) is 11.1. The molecular weight excluding hydrogens is 296 g/mol. The number of H-pyrrole nitrogens is 1. The summed E-state index contributed by atoms with van der Waals surface area (Å²) in [4.78, 5) is 40.9. The van der Waals surface area contributed by atoms with E-state index in [2.05, 4.69) is 25.3 Å². The Labute approximate surface area is 133 Å². The Bertz CT molecular complexity index is 788. The number of nitrogens with one attached hydrogen (secondary N) is 2. The number of carbonyl (C=O) groups is 1. The minimum Gasteiger partial charge on any atom is -0.372 e. The van der Waals surface area contributed by atoms with E-state index in [1.165, 1.54) is 0 Å². The standard InChI is InChI=1S/C15H18N6O2/c1-9-6-10(20-15(23)18-9)14(22)21-5-3-4-12(21)11-7-17-8-13(16-2)19-11/h6-8,12H,3-5H2,1-2H3,(H,16,19)(H,18,20,23)/t12-/m0/s1. The number of amides is 1. The summed E-state index contributed by atoms with van der Waals surface area (Å²) in [5.74, 6) is 0.408. The van der Waals surface area contributed by atoms with E-state index in [1.807, 2.05) is 0 Å². The van der Waals surface area contributed by atoms with Crippen molar-refractivity contribution in [2.75, 3.05) is 18.9 Å². The molecule has 23 heavy (non-hydrogen) atoms. The minimum absolute atomic E-state index is 0.148. The van der Waals surface area contributed by atoms with Crippen LogP contribution in [0.5, 0.6) is 0 Å². The van der Waals surface area contributed by atoms with Gasteiger partial charge in [-0.2, -0.15) is 4.98 Å². The molecule has 0 spiro atoms. The second-order valence-corrected chi connectivity index (χ2v) is 5.49. The molecule has 2 aromatic rings. The van der Waals surface area contributed by atoms with Crippen molar-refractivity contribution < 1.29 is 4.79 Å². The summed E-state index contributed by atoms with van der Waals surface area (Å²) in [5, 5.41) is 2.95. The topological polar surface area (TPSA) is 104 Å². The Hall–Kier alpha value is -2.77. The van der Waals surface area contributed by atoms with E-state index in [4.69, 9.17) is 0 Å². The molecule has 1 aliphatic heterocycles. The van der Waals surface area contributed by atoms with E-state index in [0.29, 0.717) is 18.1 Å². The van der Waals surface area contributed by atoms with Crippen LogP contribution in [0.2, 0.25) is 0 Å². The number of anilines is 1. The van der Waals surface area contributed by atoms with Gasteiger partial charge in [-0.05, 0) is 25.8 Å². The average molecular weight is 314 g/mol. The molecule has 0 aliphatic carbocycles. The van der Waals surface area contributed by atoms with Crippen LogP contribution in [0.4, 0.5) is 5.82 Å². The quantitative estimate of drug-likeness (QED) is 0.872.